The van der Waals surface area contributed by atoms with Crippen LogP contribution in [0.25, 0.3) is 4.13 Å². The van der Waals surface area contributed by atoms with Crippen molar-refractivity contribution in [1.29, 1.82) is 0 Å². The van der Waals surface area contributed by atoms with Crippen LogP contribution >= 0.6 is 10.7 Å². The van der Waals surface area contributed by atoms with Crippen LogP contribution in [0.4, 0.5) is 26.3 Å². The van der Waals surface area contributed by atoms with Gasteiger partial charge in [0.15, 0.2) is 10.0 Å². The van der Waals surface area contributed by atoms with Gasteiger partial charge in [-0.3, -0.25) is 4.79 Å². The van der Waals surface area contributed by atoms with Gasteiger partial charge in [-0.2, -0.15) is 26.3 Å². The van der Waals surface area contributed by atoms with Crippen molar-refractivity contribution in [1.82, 2.24) is 0 Å². The number of alkyl halides is 6. The summed E-state index contributed by atoms with van der Waals surface area (Å²) in [6.07, 6.45) is 6.88. The summed E-state index contributed by atoms with van der Waals surface area (Å²) < 4.78 is 155. The van der Waals surface area contributed by atoms with Crippen LogP contribution in [-0.4, -0.2) is 61.7 Å². The van der Waals surface area contributed by atoms with Crippen LogP contribution in [0, 0.1) is 0 Å². The minimum absolute atomic E-state index is 0. The first kappa shape index (κ1) is 53.5. The van der Waals surface area contributed by atoms with Gasteiger partial charge in [0.05, 0.1) is 15.3 Å². The third kappa shape index (κ3) is 23.4. The monoisotopic (exact) mass is 756 g/mol. The van der Waals surface area contributed by atoms with E-state index in [0.29, 0.717) is 12.8 Å². The number of carbonyl (C=O) groups is 1. The Morgan fingerprint density at radius 1 is 0.738 bits per heavy atom. The molecule has 0 amide bonds. The van der Waals surface area contributed by atoms with E-state index in [1.807, 2.05) is 0 Å². The summed E-state index contributed by atoms with van der Waals surface area (Å²) >= 11 is 0. The van der Waals surface area contributed by atoms with Crippen molar-refractivity contribution < 1.29 is 165 Å². The van der Waals surface area contributed by atoms with Gasteiger partial charge >= 0.3 is 110 Å². The molecule has 0 atom stereocenters. The number of carbonyl (C=O) groups excluding carboxylic acids is 1. The summed E-state index contributed by atoms with van der Waals surface area (Å²) in [5, 5.41) is 10.7. The Morgan fingerprint density at radius 3 is 1.21 bits per heavy atom. The number of nitrogens with zero attached hydrogens (tertiary/aromatic N) is 1. The summed E-state index contributed by atoms with van der Waals surface area (Å²) in [4.78, 5) is 11.2. The number of rotatable bonds is 5. The van der Waals surface area contributed by atoms with E-state index in [-0.39, 0.29) is 115 Å². The second-order valence-electron chi connectivity index (χ2n) is 7.69. The number of sulfonamides is 3. The summed E-state index contributed by atoms with van der Waals surface area (Å²) in [5.74, 6) is 0. The van der Waals surface area contributed by atoms with E-state index in [4.69, 9.17) is 20.7 Å². The van der Waals surface area contributed by atoms with Crippen LogP contribution in [0.2, 0.25) is 0 Å². The maximum atomic E-state index is 12.0. The van der Waals surface area contributed by atoms with E-state index in [2.05, 4.69) is 14.2 Å². The largest absolute Gasteiger partial charge is 1.00 e. The van der Waals surface area contributed by atoms with E-state index in [1.165, 1.54) is 0 Å². The first-order chi connectivity index (χ1) is 17.3. The molecule has 238 valence electrons. The molecule has 0 bridgehead atoms. The molecular weight excluding hydrogens is 731 g/mol. The molecule has 2 aliphatic carbocycles. The fraction of sp³-hybridized carbons (Fsp3) is 0.933. The molecule has 27 heteroatoms. The number of primary sulfonamides is 1. The predicted octanol–water partition coefficient (Wildman–Crippen LogP) is -6.89. The maximum Gasteiger partial charge on any atom is 1.00 e. The van der Waals surface area contributed by atoms with Crippen LogP contribution in [0.15, 0.2) is 0 Å². The fourth-order valence-corrected chi connectivity index (χ4v) is 7.23. The number of halogens is 7. The molecule has 0 spiro atoms. The Bertz CT molecular complexity index is 1190. The van der Waals surface area contributed by atoms with Crippen molar-refractivity contribution in [2.75, 3.05) is 0 Å². The van der Waals surface area contributed by atoms with Gasteiger partial charge in [0.25, 0.3) is 6.47 Å². The molecule has 2 N–H and O–H groups in total. The molecule has 2 saturated carbocycles. The molecule has 0 heterocycles. The van der Waals surface area contributed by atoms with Gasteiger partial charge in [-0.1, -0.05) is 38.5 Å². The molecule has 0 aromatic rings. The van der Waals surface area contributed by atoms with Gasteiger partial charge in [0, 0.05) is 15.9 Å². The smallest absolute Gasteiger partial charge is 1.00 e. The molecule has 2 fully saturated rings. The first-order valence-corrected chi connectivity index (χ1v) is 17.2. The van der Waals surface area contributed by atoms with E-state index in [1.54, 1.807) is 0 Å². The molecule has 0 saturated heterocycles. The molecule has 0 aromatic carbocycles. The fourth-order valence-electron chi connectivity index (χ4n) is 2.95. The summed E-state index contributed by atoms with van der Waals surface area (Å²) in [6, 6.07) is 0. The molecule has 0 aliphatic heterocycles. The average Bonchev–Trinajstić information content (AvgIpc) is 2.78. The van der Waals surface area contributed by atoms with Gasteiger partial charge in [-0.15, -0.1) is 0 Å². The summed E-state index contributed by atoms with van der Waals surface area (Å²) in [5.41, 5.74) is -11.0. The molecule has 42 heavy (non-hydrogen) atoms. The normalized spacial score (nSPS) is 16.9. The molecular formula is C15H26ClF6N2Na3O11S4. The second-order valence-corrected chi connectivity index (χ2v) is 15.9. The zero-order valence-corrected chi connectivity index (χ0v) is 32.6. The van der Waals surface area contributed by atoms with Crippen LogP contribution in [0.5, 0.6) is 0 Å². The number of nitrogens with two attached hydrogens (primary N) is 1. The van der Waals surface area contributed by atoms with Crippen molar-refractivity contribution in [2.45, 2.75) is 85.7 Å². The molecule has 0 aromatic heterocycles. The summed E-state index contributed by atoms with van der Waals surface area (Å²) in [6.45, 7) is -0.181. The van der Waals surface area contributed by atoms with Crippen molar-refractivity contribution in [3.63, 3.8) is 0 Å². The Labute approximate surface area is 312 Å². The van der Waals surface area contributed by atoms with Crippen molar-refractivity contribution in [2.24, 2.45) is 5.14 Å². The number of hydrogen-bond acceptors (Lipinski definition) is 11. The van der Waals surface area contributed by atoms with Crippen LogP contribution in [-0.2, 0) is 48.8 Å². The third-order valence-electron chi connectivity index (χ3n) is 4.78. The average molecular weight is 757 g/mol. The van der Waals surface area contributed by atoms with Crippen molar-refractivity contribution in [3.05, 3.63) is 4.13 Å². The Balaban J connectivity index is -0.000000114. The summed E-state index contributed by atoms with van der Waals surface area (Å²) in [7, 11) is -14.0. The SMILES string of the molecule is NS(=O)(=O)C(F)(F)F.O=CO[O-].O=S(=O)(Cl)C1CCCCC1.O=S(=O)([N-]S(=O)(=O)C(F)(F)F)C1CCCCC1.[H-].[Na+].[Na+].[Na+]. The topological polar surface area (TPSA) is 226 Å². The van der Waals surface area contributed by atoms with Crippen molar-refractivity contribution in [3.8, 4) is 0 Å². The van der Waals surface area contributed by atoms with Crippen LogP contribution in [0.3, 0.4) is 0 Å². The van der Waals surface area contributed by atoms with E-state index in [9.17, 15) is 60.0 Å². The first-order valence-electron chi connectivity index (χ1n) is 10.4. The van der Waals surface area contributed by atoms with Gasteiger partial charge in [-0.05, 0) is 25.7 Å². The quantitative estimate of drug-likeness (QED) is 0.0693. The molecule has 2 aliphatic rings. The minimum atomic E-state index is -5.97. The molecule has 0 unspecified atom stereocenters. The standard InChI is InChI=1S/C7H11F3NO4S2.C6H11ClO2S.CH2F3NO2S.CH2O3.3Na.H/c8-7(9,10)17(14,15)11-16(12,13)6-4-2-1-3-5-6;7-10(8,9)6-4-2-1-3-5-6;2-1(3,4)8(5,6)7;2-1-4-3;;;;/h6H,1-5H2;6H,1-5H2;(H2,5,6,7);1,3H;;;;/q-1;;;;3*+1;-1/p-1. The molecule has 0 radical (unpaired) electrons. The molecule has 13 nitrogen and oxygen atoms in total. The van der Waals surface area contributed by atoms with Gasteiger partial charge in [0.1, 0.15) is 0 Å². The maximum absolute atomic E-state index is 12.0. The minimum Gasteiger partial charge on any atom is -1.00 e. The van der Waals surface area contributed by atoms with Crippen LogP contribution in [0.1, 0.15) is 65.6 Å². The van der Waals surface area contributed by atoms with Gasteiger partial charge in [0.2, 0.25) is 9.05 Å². The Hall–Kier alpha value is 2.02. The zero-order valence-electron chi connectivity index (χ0n) is 23.6. The predicted molar refractivity (Wildman–Crippen MR) is 123 cm³/mol. The Morgan fingerprint density at radius 2 is 1.02 bits per heavy atom. The third-order valence-corrected chi connectivity index (χ3v) is 11.0. The number of hydrogen-bond donors (Lipinski definition) is 1. The second kappa shape index (κ2) is 23.4. The Kier molecular flexibility index (Phi) is 29.8. The van der Waals surface area contributed by atoms with E-state index >= 15 is 0 Å². The zero-order chi connectivity index (χ0) is 31.3. The van der Waals surface area contributed by atoms with Gasteiger partial charge in [-0.25, -0.2) is 38.8 Å². The van der Waals surface area contributed by atoms with E-state index < -0.39 is 55.4 Å². The van der Waals surface area contributed by atoms with Crippen LogP contribution < -0.4 is 99.1 Å². The van der Waals surface area contributed by atoms with Gasteiger partial charge < -0.3 is 15.7 Å². The molecule has 2 rings (SSSR count). The van der Waals surface area contributed by atoms with Crippen molar-refractivity contribution >= 4 is 56.3 Å². The van der Waals surface area contributed by atoms with E-state index in [0.717, 1.165) is 38.5 Å².